The molecule has 2 rings (SSSR count). The van der Waals surface area contributed by atoms with Crippen molar-refractivity contribution in [3.63, 3.8) is 0 Å². The molecule has 2 fully saturated rings. The van der Waals surface area contributed by atoms with Crippen LogP contribution in [0.4, 0.5) is 4.79 Å². The van der Waals surface area contributed by atoms with E-state index in [1.807, 2.05) is 20.8 Å². The Morgan fingerprint density at radius 2 is 1.89 bits per heavy atom. The van der Waals surface area contributed by atoms with E-state index in [9.17, 15) is 9.59 Å². The topological polar surface area (TPSA) is 46.6 Å². The number of ether oxygens (including phenoxy) is 1. The molecule has 4 heteroatoms. The first-order valence-electron chi connectivity index (χ1n) is 6.89. The van der Waals surface area contributed by atoms with Crippen molar-refractivity contribution in [3.05, 3.63) is 0 Å². The van der Waals surface area contributed by atoms with E-state index < -0.39 is 5.60 Å². The van der Waals surface area contributed by atoms with Crippen LogP contribution in [0.1, 0.15) is 52.9 Å². The number of Topliss-reactive ketones (excluding diaryl/α,β-unsaturated/α-hetero) is 1. The number of amides is 1. The van der Waals surface area contributed by atoms with E-state index in [-0.39, 0.29) is 18.1 Å². The summed E-state index contributed by atoms with van der Waals surface area (Å²) in [6.45, 7) is 6.32. The molecule has 1 aliphatic heterocycles. The third-order valence-corrected chi connectivity index (χ3v) is 3.47. The summed E-state index contributed by atoms with van der Waals surface area (Å²) in [7, 11) is 0. The molecule has 102 valence electrons. The third-order valence-electron chi connectivity index (χ3n) is 3.47. The van der Waals surface area contributed by atoms with Crippen LogP contribution in [0.5, 0.6) is 0 Å². The number of likely N-dealkylation sites (tertiary alicyclic amines) is 1. The Hall–Kier alpha value is -1.06. The third kappa shape index (κ3) is 3.47. The molecule has 18 heavy (non-hydrogen) atoms. The number of hydrogen-bond acceptors (Lipinski definition) is 3. The molecule has 0 spiro atoms. The Kier molecular flexibility index (Phi) is 3.64. The van der Waals surface area contributed by atoms with Crippen LogP contribution in [-0.2, 0) is 9.53 Å². The Balaban J connectivity index is 1.90. The van der Waals surface area contributed by atoms with E-state index in [1.54, 1.807) is 4.90 Å². The largest absolute Gasteiger partial charge is 0.444 e. The minimum Gasteiger partial charge on any atom is -0.444 e. The summed E-state index contributed by atoms with van der Waals surface area (Å²) in [5, 5.41) is 0. The van der Waals surface area contributed by atoms with Gasteiger partial charge < -0.3 is 9.64 Å². The molecule has 4 nitrogen and oxygen atoms in total. The van der Waals surface area contributed by atoms with Crippen molar-refractivity contribution in [1.82, 2.24) is 4.90 Å². The van der Waals surface area contributed by atoms with Gasteiger partial charge in [0.05, 0.1) is 0 Å². The minimum absolute atomic E-state index is 0.0629. The van der Waals surface area contributed by atoms with Crippen molar-refractivity contribution in [3.8, 4) is 0 Å². The zero-order valence-electron chi connectivity index (χ0n) is 11.6. The number of ketones is 1. The Morgan fingerprint density at radius 3 is 2.44 bits per heavy atom. The van der Waals surface area contributed by atoms with Crippen molar-refractivity contribution >= 4 is 11.9 Å². The maximum absolute atomic E-state index is 12.0. The van der Waals surface area contributed by atoms with E-state index in [0.29, 0.717) is 12.2 Å². The summed E-state index contributed by atoms with van der Waals surface area (Å²) in [6.07, 6.45) is 4.23. The molecule has 0 N–H and O–H groups in total. The van der Waals surface area contributed by atoms with Crippen LogP contribution in [0.15, 0.2) is 0 Å². The Labute approximate surface area is 109 Å². The summed E-state index contributed by atoms with van der Waals surface area (Å²) in [5.41, 5.74) is -0.468. The molecule has 1 saturated carbocycles. The second-order valence-corrected chi connectivity index (χ2v) is 6.41. The first-order valence-corrected chi connectivity index (χ1v) is 6.89. The molecule has 1 saturated heterocycles. The number of carbonyl (C=O) groups is 2. The van der Waals surface area contributed by atoms with Gasteiger partial charge >= 0.3 is 6.09 Å². The minimum atomic E-state index is -0.468. The van der Waals surface area contributed by atoms with Crippen LogP contribution < -0.4 is 0 Å². The van der Waals surface area contributed by atoms with Crippen LogP contribution >= 0.6 is 0 Å². The summed E-state index contributed by atoms with van der Waals surface area (Å²) in [4.78, 5) is 25.6. The first-order chi connectivity index (χ1) is 8.37. The molecule has 1 aliphatic carbocycles. The first kappa shape index (κ1) is 13.4. The van der Waals surface area contributed by atoms with Crippen LogP contribution in [0.3, 0.4) is 0 Å². The zero-order valence-corrected chi connectivity index (χ0v) is 11.6. The predicted molar refractivity (Wildman–Crippen MR) is 68.3 cm³/mol. The summed E-state index contributed by atoms with van der Waals surface area (Å²) >= 11 is 0. The lowest BCUT2D eigenvalue weighted by Crippen LogP contribution is -2.40. The average molecular weight is 253 g/mol. The van der Waals surface area contributed by atoms with Gasteiger partial charge in [-0.25, -0.2) is 4.79 Å². The zero-order chi connectivity index (χ0) is 13.3. The Bertz CT molecular complexity index is 341. The van der Waals surface area contributed by atoms with Gasteiger partial charge in [-0.1, -0.05) is 0 Å². The number of rotatable bonds is 3. The SMILES string of the molecule is CC(C)(C)OC(=O)N1CCCC1CC(=O)C1CC1. The summed E-state index contributed by atoms with van der Waals surface area (Å²) < 4.78 is 5.39. The van der Waals surface area contributed by atoms with Gasteiger partial charge in [0.25, 0.3) is 0 Å². The molecule has 1 heterocycles. The normalized spacial score (nSPS) is 24.2. The molecule has 0 aromatic rings. The average Bonchev–Trinajstić information content (AvgIpc) is 2.97. The van der Waals surface area contributed by atoms with Crippen LogP contribution in [0.2, 0.25) is 0 Å². The quantitative estimate of drug-likeness (QED) is 0.777. The lowest BCUT2D eigenvalue weighted by molar-refractivity contribution is -0.121. The fraction of sp³-hybridized carbons (Fsp3) is 0.857. The van der Waals surface area contributed by atoms with Gasteiger partial charge in [0, 0.05) is 24.9 Å². The second kappa shape index (κ2) is 4.90. The molecule has 0 radical (unpaired) electrons. The van der Waals surface area contributed by atoms with Gasteiger partial charge in [-0.05, 0) is 46.5 Å². The number of nitrogens with zero attached hydrogens (tertiary/aromatic N) is 1. The highest BCUT2D eigenvalue weighted by atomic mass is 16.6. The van der Waals surface area contributed by atoms with Gasteiger partial charge in [0.1, 0.15) is 11.4 Å². The van der Waals surface area contributed by atoms with E-state index in [1.165, 1.54) is 0 Å². The number of hydrogen-bond donors (Lipinski definition) is 0. The molecule has 2 aliphatic rings. The molecule has 1 amide bonds. The maximum atomic E-state index is 12.0. The standard InChI is InChI=1S/C14H23NO3/c1-14(2,3)18-13(17)15-8-4-5-11(15)9-12(16)10-6-7-10/h10-11H,4-9H2,1-3H3. The molecule has 0 bridgehead atoms. The van der Waals surface area contributed by atoms with Gasteiger partial charge in [-0.3, -0.25) is 4.79 Å². The van der Waals surface area contributed by atoms with E-state index in [4.69, 9.17) is 4.74 Å². The van der Waals surface area contributed by atoms with Crippen LogP contribution in [0.25, 0.3) is 0 Å². The predicted octanol–water partition coefficient (Wildman–Crippen LogP) is 2.76. The highest BCUT2D eigenvalue weighted by molar-refractivity contribution is 5.84. The van der Waals surface area contributed by atoms with Crippen LogP contribution in [0, 0.1) is 5.92 Å². The van der Waals surface area contributed by atoms with Gasteiger partial charge in [-0.15, -0.1) is 0 Å². The van der Waals surface area contributed by atoms with Crippen molar-refractivity contribution in [1.29, 1.82) is 0 Å². The van der Waals surface area contributed by atoms with E-state index in [0.717, 1.165) is 32.2 Å². The maximum Gasteiger partial charge on any atom is 0.410 e. The molecule has 0 aromatic carbocycles. The van der Waals surface area contributed by atoms with Crippen LogP contribution in [-0.4, -0.2) is 35.0 Å². The second-order valence-electron chi connectivity index (χ2n) is 6.41. The van der Waals surface area contributed by atoms with Crippen molar-refractivity contribution in [2.45, 2.75) is 64.5 Å². The number of carbonyl (C=O) groups excluding carboxylic acids is 2. The lowest BCUT2D eigenvalue weighted by Gasteiger charge is -2.28. The fourth-order valence-corrected chi connectivity index (χ4v) is 2.41. The fourth-order valence-electron chi connectivity index (χ4n) is 2.41. The molecular formula is C14H23NO3. The summed E-state index contributed by atoms with van der Waals surface area (Å²) in [5.74, 6) is 0.613. The van der Waals surface area contributed by atoms with Gasteiger partial charge in [0.15, 0.2) is 0 Å². The molecular weight excluding hydrogens is 230 g/mol. The highest BCUT2D eigenvalue weighted by Gasteiger charge is 2.37. The molecule has 1 atom stereocenters. The van der Waals surface area contributed by atoms with Crippen molar-refractivity contribution in [2.24, 2.45) is 5.92 Å². The smallest absolute Gasteiger partial charge is 0.410 e. The molecule has 0 aromatic heterocycles. The summed E-state index contributed by atoms with van der Waals surface area (Å²) in [6, 6.07) is 0.0629. The Morgan fingerprint density at radius 1 is 1.22 bits per heavy atom. The highest BCUT2D eigenvalue weighted by Crippen LogP contribution is 2.33. The van der Waals surface area contributed by atoms with Gasteiger partial charge in [0.2, 0.25) is 0 Å². The van der Waals surface area contributed by atoms with Gasteiger partial charge in [-0.2, -0.15) is 0 Å². The van der Waals surface area contributed by atoms with Crippen molar-refractivity contribution in [2.75, 3.05) is 6.54 Å². The van der Waals surface area contributed by atoms with Crippen molar-refractivity contribution < 1.29 is 14.3 Å². The molecule has 1 unspecified atom stereocenters. The van der Waals surface area contributed by atoms with E-state index >= 15 is 0 Å². The van der Waals surface area contributed by atoms with E-state index in [2.05, 4.69) is 0 Å². The lowest BCUT2D eigenvalue weighted by atomic mass is 10.1. The monoisotopic (exact) mass is 253 g/mol.